The van der Waals surface area contributed by atoms with Crippen LogP contribution in [0, 0.1) is 11.8 Å². The Bertz CT molecular complexity index is 716. The number of ether oxygens (including phenoxy) is 1. The summed E-state index contributed by atoms with van der Waals surface area (Å²) in [6.45, 7) is 3.16. The van der Waals surface area contributed by atoms with E-state index in [9.17, 15) is 0 Å². The largest absolute Gasteiger partial charge is 0.495 e. The lowest BCUT2D eigenvalue weighted by atomic mass is 9.64. The van der Waals surface area contributed by atoms with Gasteiger partial charge in [-0.3, -0.25) is 4.90 Å². The third-order valence-corrected chi connectivity index (χ3v) is 5.50. The van der Waals surface area contributed by atoms with Gasteiger partial charge in [0.2, 0.25) is 0 Å². The van der Waals surface area contributed by atoms with Gasteiger partial charge in [0.15, 0.2) is 0 Å². The molecule has 4 rings (SSSR count). The van der Waals surface area contributed by atoms with E-state index in [1.54, 1.807) is 7.11 Å². The lowest BCUT2D eigenvalue weighted by Crippen LogP contribution is -2.44. The van der Waals surface area contributed by atoms with E-state index in [1.807, 2.05) is 6.07 Å². The molecule has 1 saturated carbocycles. The van der Waals surface area contributed by atoms with E-state index in [0.29, 0.717) is 0 Å². The van der Waals surface area contributed by atoms with E-state index in [0.717, 1.165) is 42.2 Å². The summed E-state index contributed by atoms with van der Waals surface area (Å²) in [6.07, 6.45) is 5.99. The molecule has 4 nitrogen and oxygen atoms in total. The average Bonchev–Trinajstić information content (AvgIpc) is 3.10. The standard InChI is InChI=1S/C19H23N3O/c1-23-17-13-15-16(21-18(20)19(15)7-5-8-19)12-14(17)6-4-11-22-9-2-3-10-22/h12-13H,2-3,5,7-11H2,1H3,(H2,20,21). The summed E-state index contributed by atoms with van der Waals surface area (Å²) in [5.41, 5.74) is 9.31. The summed E-state index contributed by atoms with van der Waals surface area (Å²) in [4.78, 5) is 7.00. The van der Waals surface area contributed by atoms with Crippen molar-refractivity contribution in [2.24, 2.45) is 10.7 Å². The molecule has 1 saturated heterocycles. The molecule has 1 aromatic carbocycles. The molecule has 0 atom stereocenters. The molecule has 3 aliphatic rings. The van der Waals surface area contributed by atoms with Crippen molar-refractivity contribution < 1.29 is 4.74 Å². The first-order valence-corrected chi connectivity index (χ1v) is 8.51. The van der Waals surface area contributed by atoms with Crippen molar-refractivity contribution in [1.82, 2.24) is 4.90 Å². The molecule has 23 heavy (non-hydrogen) atoms. The normalized spacial score (nSPS) is 21.3. The molecular formula is C19H23N3O. The van der Waals surface area contributed by atoms with Gasteiger partial charge in [-0.15, -0.1) is 0 Å². The number of methoxy groups -OCH3 is 1. The molecule has 4 heteroatoms. The zero-order valence-electron chi connectivity index (χ0n) is 13.7. The summed E-state index contributed by atoms with van der Waals surface area (Å²) < 4.78 is 5.58. The van der Waals surface area contributed by atoms with Crippen LogP contribution >= 0.6 is 0 Å². The lowest BCUT2D eigenvalue weighted by molar-refractivity contribution is 0.342. The number of nitrogens with two attached hydrogens (primary N) is 1. The van der Waals surface area contributed by atoms with E-state index in [-0.39, 0.29) is 5.41 Å². The van der Waals surface area contributed by atoms with Crippen LogP contribution in [0.4, 0.5) is 5.69 Å². The molecule has 1 spiro atoms. The molecule has 0 bridgehead atoms. The Morgan fingerprint density at radius 2 is 2.04 bits per heavy atom. The smallest absolute Gasteiger partial charge is 0.134 e. The number of benzene rings is 1. The molecule has 0 unspecified atom stereocenters. The first-order chi connectivity index (χ1) is 11.2. The Hall–Kier alpha value is -1.99. The third kappa shape index (κ3) is 2.31. The topological polar surface area (TPSA) is 50.8 Å². The minimum absolute atomic E-state index is 0.0237. The van der Waals surface area contributed by atoms with Crippen molar-refractivity contribution in [3.8, 4) is 17.6 Å². The van der Waals surface area contributed by atoms with E-state index in [1.165, 1.54) is 37.9 Å². The zero-order chi connectivity index (χ0) is 15.9. The van der Waals surface area contributed by atoms with Gasteiger partial charge in [-0.05, 0) is 56.5 Å². The molecule has 1 aliphatic carbocycles. The van der Waals surface area contributed by atoms with Crippen LogP contribution in [0.3, 0.4) is 0 Å². The number of aliphatic imine (C=N–C) groups is 1. The summed E-state index contributed by atoms with van der Waals surface area (Å²) in [5.74, 6) is 8.17. The number of nitrogens with zero attached hydrogens (tertiary/aromatic N) is 2. The van der Waals surface area contributed by atoms with Crippen LogP contribution in [0.25, 0.3) is 0 Å². The fourth-order valence-electron chi connectivity index (χ4n) is 3.93. The molecular weight excluding hydrogens is 286 g/mol. The van der Waals surface area contributed by atoms with Gasteiger partial charge in [0, 0.05) is 0 Å². The SMILES string of the molecule is COc1cc2c(cc1C#CCN1CCCC1)N=C(N)C21CCC1. The first kappa shape index (κ1) is 14.6. The van der Waals surface area contributed by atoms with Gasteiger partial charge in [-0.2, -0.15) is 0 Å². The monoisotopic (exact) mass is 309 g/mol. The average molecular weight is 309 g/mol. The predicted molar refractivity (Wildman–Crippen MR) is 92.4 cm³/mol. The summed E-state index contributed by atoms with van der Waals surface area (Å²) >= 11 is 0. The molecule has 120 valence electrons. The Balaban J connectivity index is 1.63. The second kappa shape index (κ2) is 5.58. The number of fused-ring (bicyclic) bond motifs is 2. The van der Waals surface area contributed by atoms with Gasteiger partial charge in [0.1, 0.15) is 11.6 Å². The van der Waals surface area contributed by atoms with Crippen molar-refractivity contribution in [3.63, 3.8) is 0 Å². The van der Waals surface area contributed by atoms with Crippen molar-refractivity contribution >= 4 is 11.5 Å². The Labute approximate surface area is 137 Å². The highest BCUT2D eigenvalue weighted by atomic mass is 16.5. The molecule has 2 aliphatic heterocycles. The fraction of sp³-hybridized carbons (Fsp3) is 0.526. The van der Waals surface area contributed by atoms with Gasteiger partial charge in [0.05, 0.1) is 30.3 Å². The second-order valence-corrected chi connectivity index (χ2v) is 6.79. The number of hydrogen-bond donors (Lipinski definition) is 1. The maximum atomic E-state index is 6.22. The fourth-order valence-corrected chi connectivity index (χ4v) is 3.93. The number of likely N-dealkylation sites (tertiary alicyclic amines) is 1. The predicted octanol–water partition coefficient (Wildman–Crippen LogP) is 2.57. The van der Waals surface area contributed by atoms with Crippen molar-refractivity contribution in [2.45, 2.75) is 37.5 Å². The summed E-state index contributed by atoms with van der Waals surface area (Å²) in [7, 11) is 1.71. The van der Waals surface area contributed by atoms with E-state index in [2.05, 4.69) is 27.8 Å². The third-order valence-electron chi connectivity index (χ3n) is 5.50. The van der Waals surface area contributed by atoms with Gasteiger partial charge < -0.3 is 10.5 Å². The molecule has 0 aromatic heterocycles. The van der Waals surface area contributed by atoms with E-state index >= 15 is 0 Å². The van der Waals surface area contributed by atoms with Crippen molar-refractivity contribution in [2.75, 3.05) is 26.7 Å². The molecule has 0 amide bonds. The van der Waals surface area contributed by atoms with Crippen LogP contribution in [-0.2, 0) is 5.41 Å². The molecule has 2 N–H and O–H groups in total. The van der Waals surface area contributed by atoms with Crippen molar-refractivity contribution in [1.29, 1.82) is 0 Å². The quantitative estimate of drug-likeness (QED) is 0.854. The van der Waals surface area contributed by atoms with Gasteiger partial charge in [-0.1, -0.05) is 18.3 Å². The van der Waals surface area contributed by atoms with Crippen LogP contribution in [0.5, 0.6) is 5.75 Å². The maximum Gasteiger partial charge on any atom is 0.134 e. The molecule has 1 aromatic rings. The van der Waals surface area contributed by atoms with Crippen LogP contribution in [0.2, 0.25) is 0 Å². The maximum absolute atomic E-state index is 6.22. The molecule has 0 radical (unpaired) electrons. The van der Waals surface area contributed by atoms with E-state index in [4.69, 9.17) is 10.5 Å². The van der Waals surface area contributed by atoms with Gasteiger partial charge in [-0.25, -0.2) is 4.99 Å². The van der Waals surface area contributed by atoms with Crippen LogP contribution in [0.1, 0.15) is 43.2 Å². The van der Waals surface area contributed by atoms with Gasteiger partial charge in [0.25, 0.3) is 0 Å². The number of rotatable bonds is 2. The number of amidine groups is 1. The highest BCUT2D eigenvalue weighted by Gasteiger charge is 2.47. The van der Waals surface area contributed by atoms with Crippen molar-refractivity contribution in [3.05, 3.63) is 23.3 Å². The Morgan fingerprint density at radius 1 is 1.26 bits per heavy atom. The van der Waals surface area contributed by atoms with Crippen LogP contribution < -0.4 is 10.5 Å². The number of hydrogen-bond acceptors (Lipinski definition) is 4. The second-order valence-electron chi connectivity index (χ2n) is 6.79. The Morgan fingerprint density at radius 3 is 2.70 bits per heavy atom. The lowest BCUT2D eigenvalue weighted by Gasteiger charge is -2.38. The highest BCUT2D eigenvalue weighted by Crippen LogP contribution is 2.52. The highest BCUT2D eigenvalue weighted by molar-refractivity contribution is 6.00. The summed E-state index contributed by atoms with van der Waals surface area (Å²) in [5, 5.41) is 0. The minimum atomic E-state index is -0.0237. The molecule has 2 fully saturated rings. The van der Waals surface area contributed by atoms with E-state index < -0.39 is 0 Å². The van der Waals surface area contributed by atoms with Crippen LogP contribution in [0.15, 0.2) is 17.1 Å². The minimum Gasteiger partial charge on any atom is -0.495 e. The Kier molecular flexibility index (Phi) is 3.54. The zero-order valence-corrected chi connectivity index (χ0v) is 13.7. The summed E-state index contributed by atoms with van der Waals surface area (Å²) in [6, 6.07) is 4.16. The van der Waals surface area contributed by atoms with Crippen LogP contribution in [-0.4, -0.2) is 37.5 Å². The first-order valence-electron chi connectivity index (χ1n) is 8.51. The van der Waals surface area contributed by atoms with Gasteiger partial charge >= 0.3 is 0 Å². The molecule has 2 heterocycles.